The summed E-state index contributed by atoms with van der Waals surface area (Å²) in [6, 6.07) is 8.77. The molecule has 0 saturated carbocycles. The van der Waals surface area contributed by atoms with E-state index in [1.807, 2.05) is 30.5 Å². The molecule has 0 radical (unpaired) electrons. The molecular weight excluding hydrogens is 346 g/mol. The predicted octanol–water partition coefficient (Wildman–Crippen LogP) is 2.18. The zero-order valence-corrected chi connectivity index (χ0v) is 16.4. The minimum Gasteiger partial charge on any atom is -0.376 e. The third-order valence-electron chi connectivity index (χ3n) is 4.60. The van der Waals surface area contributed by atoms with Crippen molar-refractivity contribution >= 4 is 17.3 Å². The summed E-state index contributed by atoms with van der Waals surface area (Å²) in [5.41, 5.74) is 0. The number of hydrogen-bond acceptors (Lipinski definition) is 4. The highest BCUT2D eigenvalue weighted by atomic mass is 32.1. The summed E-state index contributed by atoms with van der Waals surface area (Å²) in [5.74, 6) is 0.847. The van der Waals surface area contributed by atoms with Crippen molar-refractivity contribution in [2.24, 2.45) is 4.99 Å². The van der Waals surface area contributed by atoms with E-state index in [4.69, 9.17) is 4.74 Å². The lowest BCUT2D eigenvalue weighted by atomic mass is 10.1. The van der Waals surface area contributed by atoms with Gasteiger partial charge in [-0.05, 0) is 30.5 Å². The monoisotopic (exact) mass is 375 g/mol. The first-order valence-electron chi connectivity index (χ1n) is 9.20. The lowest BCUT2D eigenvalue weighted by Crippen LogP contribution is -2.48. The van der Waals surface area contributed by atoms with Gasteiger partial charge in [-0.1, -0.05) is 6.07 Å². The number of aromatic nitrogens is 1. The SMILES string of the molecule is CN=C(NCCn1cccc1)NCC(c1cccs1)N1CCOC(C)C1. The highest BCUT2D eigenvalue weighted by Gasteiger charge is 2.26. The molecule has 3 rings (SSSR count). The van der Waals surface area contributed by atoms with Gasteiger partial charge in [-0.2, -0.15) is 0 Å². The molecule has 2 atom stereocenters. The summed E-state index contributed by atoms with van der Waals surface area (Å²) in [7, 11) is 1.82. The van der Waals surface area contributed by atoms with Crippen LogP contribution in [0.4, 0.5) is 0 Å². The van der Waals surface area contributed by atoms with Crippen LogP contribution >= 0.6 is 11.3 Å². The Labute approximate surface area is 159 Å². The molecule has 142 valence electrons. The van der Waals surface area contributed by atoms with Gasteiger partial charge < -0.3 is 19.9 Å². The maximum absolute atomic E-state index is 5.71. The van der Waals surface area contributed by atoms with Gasteiger partial charge in [-0.3, -0.25) is 9.89 Å². The van der Waals surface area contributed by atoms with Gasteiger partial charge in [0.25, 0.3) is 0 Å². The van der Waals surface area contributed by atoms with Crippen LogP contribution in [0.2, 0.25) is 0 Å². The topological polar surface area (TPSA) is 53.8 Å². The molecule has 1 fully saturated rings. The van der Waals surface area contributed by atoms with Gasteiger partial charge in [0.15, 0.2) is 5.96 Å². The van der Waals surface area contributed by atoms with Crippen LogP contribution in [-0.4, -0.2) is 61.4 Å². The van der Waals surface area contributed by atoms with E-state index >= 15 is 0 Å². The molecule has 0 aliphatic carbocycles. The van der Waals surface area contributed by atoms with Gasteiger partial charge in [0.2, 0.25) is 0 Å². The molecule has 2 aromatic heterocycles. The maximum atomic E-state index is 5.71. The highest BCUT2D eigenvalue weighted by molar-refractivity contribution is 7.10. The van der Waals surface area contributed by atoms with Crippen molar-refractivity contribution in [2.45, 2.75) is 25.6 Å². The summed E-state index contributed by atoms with van der Waals surface area (Å²) in [6.45, 7) is 7.46. The molecular formula is C19H29N5OS. The molecule has 2 unspecified atom stereocenters. The second-order valence-corrected chi connectivity index (χ2v) is 7.49. The van der Waals surface area contributed by atoms with Crippen LogP contribution in [0.1, 0.15) is 17.8 Å². The number of morpholine rings is 1. The van der Waals surface area contributed by atoms with Crippen LogP contribution in [0.25, 0.3) is 0 Å². The quantitative estimate of drug-likeness (QED) is 0.575. The number of rotatable bonds is 7. The molecule has 1 aliphatic heterocycles. The van der Waals surface area contributed by atoms with Gasteiger partial charge in [0.1, 0.15) is 0 Å². The average molecular weight is 376 g/mol. The van der Waals surface area contributed by atoms with E-state index in [2.05, 4.69) is 61.9 Å². The minimum absolute atomic E-state index is 0.283. The number of nitrogens with one attached hydrogen (secondary N) is 2. The summed E-state index contributed by atoms with van der Waals surface area (Å²) >= 11 is 1.82. The minimum atomic E-state index is 0.283. The van der Waals surface area contributed by atoms with Gasteiger partial charge in [0, 0.05) is 57.0 Å². The Morgan fingerprint density at radius 2 is 2.19 bits per heavy atom. The smallest absolute Gasteiger partial charge is 0.191 e. The Kier molecular flexibility index (Phi) is 7.11. The lowest BCUT2D eigenvalue weighted by molar-refractivity contribution is -0.0334. The third-order valence-corrected chi connectivity index (χ3v) is 5.57. The number of hydrogen-bond donors (Lipinski definition) is 2. The number of ether oxygens (including phenoxy) is 1. The van der Waals surface area contributed by atoms with E-state index in [0.29, 0.717) is 6.04 Å². The largest absolute Gasteiger partial charge is 0.376 e. The van der Waals surface area contributed by atoms with E-state index in [9.17, 15) is 0 Å². The zero-order valence-electron chi connectivity index (χ0n) is 15.6. The molecule has 2 N–H and O–H groups in total. The molecule has 0 spiro atoms. The summed E-state index contributed by atoms with van der Waals surface area (Å²) in [5, 5.41) is 9.05. The Bertz CT molecular complexity index is 656. The van der Waals surface area contributed by atoms with Crippen molar-refractivity contribution in [3.63, 3.8) is 0 Å². The second kappa shape index (κ2) is 9.75. The van der Waals surface area contributed by atoms with Crippen LogP contribution in [0.15, 0.2) is 47.0 Å². The van der Waals surface area contributed by atoms with Gasteiger partial charge in [0.05, 0.1) is 18.8 Å². The van der Waals surface area contributed by atoms with Gasteiger partial charge in [-0.25, -0.2) is 0 Å². The van der Waals surface area contributed by atoms with Crippen LogP contribution < -0.4 is 10.6 Å². The third kappa shape index (κ3) is 5.33. The van der Waals surface area contributed by atoms with E-state index in [-0.39, 0.29) is 6.10 Å². The molecule has 0 amide bonds. The first-order valence-corrected chi connectivity index (χ1v) is 10.1. The van der Waals surface area contributed by atoms with E-state index in [1.54, 1.807) is 0 Å². The fourth-order valence-corrected chi connectivity index (χ4v) is 4.12. The van der Waals surface area contributed by atoms with Crippen LogP contribution in [-0.2, 0) is 11.3 Å². The zero-order chi connectivity index (χ0) is 18.2. The van der Waals surface area contributed by atoms with E-state index in [1.165, 1.54) is 4.88 Å². The molecule has 2 aromatic rings. The number of aliphatic imine (C=N–C) groups is 1. The highest BCUT2D eigenvalue weighted by Crippen LogP contribution is 2.26. The Hall–Kier alpha value is -1.83. The van der Waals surface area contributed by atoms with Crippen LogP contribution in [0.3, 0.4) is 0 Å². The van der Waals surface area contributed by atoms with Crippen molar-refractivity contribution in [2.75, 3.05) is 39.8 Å². The summed E-state index contributed by atoms with van der Waals surface area (Å²) in [6.07, 6.45) is 4.43. The van der Waals surface area contributed by atoms with Gasteiger partial charge in [-0.15, -0.1) is 11.3 Å². The molecule has 0 bridgehead atoms. The average Bonchev–Trinajstić information content (AvgIpc) is 3.34. The maximum Gasteiger partial charge on any atom is 0.191 e. The Morgan fingerprint density at radius 3 is 2.88 bits per heavy atom. The molecule has 26 heavy (non-hydrogen) atoms. The standard InChI is InChI=1S/C19H29N5OS/c1-16-15-24(11-12-25-16)17(18-6-5-13-26-18)14-22-19(20-2)21-7-10-23-8-3-4-9-23/h3-6,8-9,13,16-17H,7,10-12,14-15H2,1-2H3,(H2,20,21,22). The first kappa shape index (κ1) is 18.9. The predicted molar refractivity (Wildman–Crippen MR) is 108 cm³/mol. The molecule has 6 nitrogen and oxygen atoms in total. The van der Waals surface area contributed by atoms with Crippen LogP contribution in [0.5, 0.6) is 0 Å². The normalized spacial score (nSPS) is 20.1. The van der Waals surface area contributed by atoms with E-state index in [0.717, 1.165) is 45.3 Å². The molecule has 1 aliphatic rings. The summed E-state index contributed by atoms with van der Waals surface area (Å²) in [4.78, 5) is 8.26. The lowest BCUT2D eigenvalue weighted by Gasteiger charge is -2.37. The molecule has 0 aromatic carbocycles. The van der Waals surface area contributed by atoms with Crippen molar-refractivity contribution in [1.82, 2.24) is 20.1 Å². The van der Waals surface area contributed by atoms with Gasteiger partial charge >= 0.3 is 0 Å². The fraction of sp³-hybridized carbons (Fsp3) is 0.526. The Morgan fingerprint density at radius 1 is 1.35 bits per heavy atom. The first-order chi connectivity index (χ1) is 12.8. The second-order valence-electron chi connectivity index (χ2n) is 6.51. The van der Waals surface area contributed by atoms with Crippen molar-refractivity contribution < 1.29 is 4.74 Å². The Balaban J connectivity index is 1.54. The van der Waals surface area contributed by atoms with Crippen molar-refractivity contribution in [3.8, 4) is 0 Å². The van der Waals surface area contributed by atoms with Crippen molar-refractivity contribution in [1.29, 1.82) is 0 Å². The summed E-state index contributed by atoms with van der Waals surface area (Å²) < 4.78 is 7.87. The molecule has 3 heterocycles. The van der Waals surface area contributed by atoms with Crippen LogP contribution in [0, 0.1) is 0 Å². The number of thiophene rings is 1. The number of nitrogens with zero attached hydrogens (tertiary/aromatic N) is 3. The number of guanidine groups is 1. The fourth-order valence-electron chi connectivity index (χ4n) is 3.26. The molecule has 7 heteroatoms. The van der Waals surface area contributed by atoms with Crippen molar-refractivity contribution in [3.05, 3.63) is 46.9 Å². The van der Waals surface area contributed by atoms with E-state index < -0.39 is 0 Å². The molecule has 1 saturated heterocycles.